The molecule has 26 heavy (non-hydrogen) atoms. The van der Waals surface area contributed by atoms with E-state index in [2.05, 4.69) is 84.2 Å². The Balaban J connectivity index is -0.0000000753. The van der Waals surface area contributed by atoms with Crippen molar-refractivity contribution in [3.05, 3.63) is 19.6 Å². The standard InChI is InChI=1S/3C3H9O3P.C3H5.BrH.Rh/c3*1-4-7(5-2)6-3;1-3-2;;/h3*1-3H3;3H,1-2H2;1H;/q;;;;;+3/p-1. The summed E-state index contributed by atoms with van der Waals surface area (Å²) in [6.45, 7) is 6.50. The van der Waals surface area contributed by atoms with Gasteiger partial charge in [-0.15, -0.1) is 6.58 Å². The summed E-state index contributed by atoms with van der Waals surface area (Å²) in [7, 11) is 10.7. The van der Waals surface area contributed by atoms with Crippen molar-refractivity contribution in [2.75, 3.05) is 64.0 Å². The van der Waals surface area contributed by atoms with Gasteiger partial charge in [0, 0.05) is 64.0 Å². The van der Waals surface area contributed by atoms with Crippen molar-refractivity contribution in [2.24, 2.45) is 0 Å². The summed E-state index contributed by atoms with van der Waals surface area (Å²) in [4.78, 5) is 0. The summed E-state index contributed by atoms with van der Waals surface area (Å²) < 4.78 is 42.0. The second-order valence-electron chi connectivity index (χ2n) is 2.60. The van der Waals surface area contributed by atoms with Crippen LogP contribution < -0.4 is 0 Å². The zero-order valence-electron chi connectivity index (χ0n) is 16.7. The number of rotatable bonds is 9. The minimum absolute atomic E-state index is 1.05. The second-order valence-corrected chi connectivity index (χ2v) is 7.23. The Morgan fingerprint density at radius 2 is 0.615 bits per heavy atom. The molecule has 0 bridgehead atoms. The van der Waals surface area contributed by atoms with Crippen molar-refractivity contribution in [2.45, 2.75) is 0 Å². The van der Waals surface area contributed by atoms with Gasteiger partial charge in [-0.2, -0.15) is 0 Å². The Morgan fingerprint density at radius 3 is 0.615 bits per heavy atom. The molecular weight excluding hydrogens is 564 g/mol. The zero-order chi connectivity index (χ0) is 21.8. The van der Waals surface area contributed by atoms with Gasteiger partial charge in [0.1, 0.15) is 0 Å². The molecule has 0 aliphatic heterocycles. The first kappa shape index (κ1) is 38.4. The van der Waals surface area contributed by atoms with E-state index in [1.807, 2.05) is 0 Å². The fourth-order valence-electron chi connectivity index (χ4n) is 0.671. The summed E-state index contributed by atoms with van der Waals surface area (Å²) in [6.07, 6.45) is 1.50. The maximum atomic E-state index is 4.67. The third-order valence-electron chi connectivity index (χ3n) is 1.34. The minimum atomic E-state index is -1.05. The normalized spacial score (nSPS) is 9.04. The predicted molar refractivity (Wildman–Crippen MR) is 108 cm³/mol. The average Bonchev–Trinajstić information content (AvgIpc) is 2.69. The average molecular weight is 596 g/mol. The molecule has 0 atom stereocenters. The van der Waals surface area contributed by atoms with Crippen molar-refractivity contribution in [3.63, 3.8) is 0 Å². The molecule has 0 saturated carbocycles. The molecule has 0 aliphatic rings. The predicted octanol–water partition coefficient (Wildman–Crippen LogP) is 5.31. The summed E-state index contributed by atoms with van der Waals surface area (Å²) in [5.74, 6) is 0. The van der Waals surface area contributed by atoms with Crippen molar-refractivity contribution in [1.82, 2.24) is 0 Å². The second kappa shape index (κ2) is 41.2. The fraction of sp³-hybridized carbons (Fsp3) is 0.750. The summed E-state index contributed by atoms with van der Waals surface area (Å²) in [5.41, 5.74) is 0. The van der Waals surface area contributed by atoms with Crippen molar-refractivity contribution < 1.29 is 57.1 Å². The molecule has 0 aromatic heterocycles. The molecule has 0 heterocycles. The van der Waals surface area contributed by atoms with E-state index in [0.717, 1.165) is 0 Å². The van der Waals surface area contributed by atoms with Gasteiger partial charge in [-0.25, -0.2) is 0 Å². The van der Waals surface area contributed by atoms with Crippen LogP contribution in [0.4, 0.5) is 0 Å². The van der Waals surface area contributed by atoms with Crippen LogP contribution in [0.3, 0.4) is 0 Å². The maximum absolute atomic E-state index is 4.67. The van der Waals surface area contributed by atoms with Gasteiger partial charge in [0.15, 0.2) is 0 Å². The van der Waals surface area contributed by atoms with Gasteiger partial charge in [-0.05, 0) is 6.92 Å². The van der Waals surface area contributed by atoms with Crippen LogP contribution in [-0.4, -0.2) is 64.0 Å². The molecule has 0 amide bonds. The van der Waals surface area contributed by atoms with Crippen LogP contribution in [0, 0.1) is 6.92 Å². The van der Waals surface area contributed by atoms with E-state index >= 15 is 0 Å². The molecule has 14 heteroatoms. The van der Waals surface area contributed by atoms with Gasteiger partial charge in [0.2, 0.25) is 0 Å². The number of allylic oxidation sites excluding steroid dienone is 1. The third-order valence-corrected chi connectivity index (χ3v) is 4.02. The van der Waals surface area contributed by atoms with E-state index in [1.165, 1.54) is 6.08 Å². The van der Waals surface area contributed by atoms with Crippen LogP contribution in [-0.2, 0) is 57.1 Å². The molecule has 0 rings (SSSR count). The topological polar surface area (TPSA) is 83.1 Å². The van der Waals surface area contributed by atoms with Gasteiger partial charge in [-0.3, -0.25) is 0 Å². The number of halogens is 1. The van der Waals surface area contributed by atoms with Crippen LogP contribution >= 0.6 is 39.4 Å². The van der Waals surface area contributed by atoms with Gasteiger partial charge >= 0.3 is 55.8 Å². The first-order valence-corrected chi connectivity index (χ1v) is 13.3. The smallest absolute Gasteiger partial charge is 0.0319 e. The number of hydrogen-bond donors (Lipinski definition) is 0. The van der Waals surface area contributed by atoms with Gasteiger partial charge in [-0.1, -0.05) is 6.08 Å². The summed E-state index contributed by atoms with van der Waals surface area (Å²) >= 11 is 5.19. The van der Waals surface area contributed by atoms with E-state index < -0.39 is 25.8 Å². The molecule has 9 nitrogen and oxygen atoms in total. The first-order chi connectivity index (χ1) is 12.5. The molecule has 0 spiro atoms. The van der Waals surface area contributed by atoms with E-state index in [-0.39, 0.29) is 0 Å². The van der Waals surface area contributed by atoms with E-state index in [4.69, 9.17) is 0 Å². The molecule has 1 radical (unpaired) electrons. The van der Waals surface area contributed by atoms with Crippen LogP contribution in [0.2, 0.25) is 0 Å². The van der Waals surface area contributed by atoms with Gasteiger partial charge in [0.05, 0.1) is 0 Å². The SMILES string of the molecule is COP(OC)OC.COP(OC)OC.COP(OC)OC.[Br][Rh+2].[CH2]C=C. The number of hydrogen-bond acceptors (Lipinski definition) is 9. The molecule has 0 aromatic rings. The molecule has 0 saturated heterocycles. The first-order valence-electron chi connectivity index (χ1n) is 6.26. The van der Waals surface area contributed by atoms with Crippen LogP contribution in [0.15, 0.2) is 12.7 Å². The zero-order valence-corrected chi connectivity index (χ0v) is 22.6. The largest absolute Gasteiger partial charge is 0.103 e. The Labute approximate surface area is 179 Å². The van der Waals surface area contributed by atoms with E-state index in [1.54, 1.807) is 64.0 Å². The van der Waals surface area contributed by atoms with Crippen molar-refractivity contribution >= 4 is 39.4 Å². The van der Waals surface area contributed by atoms with E-state index in [0.29, 0.717) is 0 Å². The maximum Gasteiger partial charge on any atom is -0.0319 e. The summed E-state index contributed by atoms with van der Waals surface area (Å²) in [6, 6.07) is 0. The monoisotopic (exact) mass is 595 g/mol. The third kappa shape index (κ3) is 40.5. The van der Waals surface area contributed by atoms with Crippen LogP contribution in [0.25, 0.3) is 0 Å². The van der Waals surface area contributed by atoms with Gasteiger partial charge in [0.25, 0.3) is 0 Å². The van der Waals surface area contributed by atoms with Crippen LogP contribution in [0.1, 0.15) is 0 Å². The molecule has 0 N–H and O–H groups in total. The molecule has 0 aliphatic carbocycles. The fourth-order valence-corrected chi connectivity index (χ4v) is 2.01. The molecule has 0 aromatic carbocycles. The van der Waals surface area contributed by atoms with Gasteiger partial charge < -0.3 is 40.7 Å². The molecule has 0 fully saturated rings. The Morgan fingerprint density at radius 1 is 0.538 bits per heavy atom. The Kier molecular flexibility index (Phi) is 60.8. The van der Waals surface area contributed by atoms with E-state index in [9.17, 15) is 0 Å². The minimum Gasteiger partial charge on any atom is -0.103 e. The quantitative estimate of drug-likeness (QED) is 0.260. The van der Waals surface area contributed by atoms with Crippen LogP contribution in [0.5, 0.6) is 0 Å². The molecular formula is C12H32BrO9P3Rh+2. The Bertz CT molecular complexity index is 171. The molecule has 0 unspecified atom stereocenters. The Hall–Kier alpha value is 1.77. The van der Waals surface area contributed by atoms with Crippen molar-refractivity contribution in [3.8, 4) is 0 Å². The summed E-state index contributed by atoms with van der Waals surface area (Å²) in [5, 5.41) is 0. The molecule has 163 valence electrons. The van der Waals surface area contributed by atoms with Crippen molar-refractivity contribution in [1.29, 1.82) is 0 Å².